The van der Waals surface area contributed by atoms with E-state index in [0.717, 1.165) is 21.9 Å². The number of benzene rings is 2. The fourth-order valence-corrected chi connectivity index (χ4v) is 2.81. The molecule has 0 spiro atoms. The van der Waals surface area contributed by atoms with Crippen molar-refractivity contribution in [2.75, 3.05) is 5.73 Å². The van der Waals surface area contributed by atoms with Crippen molar-refractivity contribution in [1.82, 2.24) is 20.0 Å². The summed E-state index contributed by atoms with van der Waals surface area (Å²) >= 11 is 0. The maximum Gasteiger partial charge on any atom is 0.133 e. The molecule has 6 nitrogen and oxygen atoms in total. The number of anilines is 1. The van der Waals surface area contributed by atoms with Crippen LogP contribution in [0.2, 0.25) is 0 Å². The van der Waals surface area contributed by atoms with E-state index in [0.29, 0.717) is 23.6 Å². The van der Waals surface area contributed by atoms with Crippen LogP contribution in [0.3, 0.4) is 0 Å². The number of hydrogen-bond acceptors (Lipinski definition) is 5. The van der Waals surface area contributed by atoms with Crippen LogP contribution in [0.5, 0.6) is 0 Å². The molecule has 0 radical (unpaired) electrons. The summed E-state index contributed by atoms with van der Waals surface area (Å²) in [5, 5.41) is 19.3. The largest absolute Gasteiger partial charge is 0.383 e. The minimum atomic E-state index is 0.434. The van der Waals surface area contributed by atoms with Crippen LogP contribution in [0, 0.1) is 11.3 Å². The van der Waals surface area contributed by atoms with Gasteiger partial charge in [-0.1, -0.05) is 41.6 Å². The second-order valence-electron chi connectivity index (χ2n) is 5.72. The first kappa shape index (κ1) is 14.8. The standard InChI is InChI=1S/C19H14N6/c20-9-13-5-7-14(8-6-13)11-25-12-17(23-24-25)18-16-4-2-1-3-15(16)10-22-19(18)21/h1-8,10,12H,11H2,(H2,21,22). The molecule has 0 aliphatic carbocycles. The van der Waals surface area contributed by atoms with E-state index in [9.17, 15) is 0 Å². The smallest absolute Gasteiger partial charge is 0.133 e. The molecule has 0 saturated carbocycles. The van der Waals surface area contributed by atoms with E-state index in [4.69, 9.17) is 11.0 Å². The fraction of sp³-hybridized carbons (Fsp3) is 0.0526. The van der Waals surface area contributed by atoms with Crippen molar-refractivity contribution in [3.63, 3.8) is 0 Å². The minimum Gasteiger partial charge on any atom is -0.383 e. The molecule has 0 aliphatic rings. The fourth-order valence-electron chi connectivity index (χ4n) is 2.81. The van der Waals surface area contributed by atoms with E-state index in [1.165, 1.54) is 0 Å². The third-order valence-corrected chi connectivity index (χ3v) is 4.05. The summed E-state index contributed by atoms with van der Waals surface area (Å²) in [6.07, 6.45) is 3.62. The second kappa shape index (κ2) is 6.06. The summed E-state index contributed by atoms with van der Waals surface area (Å²) in [6.45, 7) is 0.566. The van der Waals surface area contributed by atoms with Gasteiger partial charge in [0.2, 0.25) is 0 Å². The van der Waals surface area contributed by atoms with E-state index < -0.39 is 0 Å². The molecule has 2 aromatic carbocycles. The van der Waals surface area contributed by atoms with Crippen molar-refractivity contribution in [3.05, 3.63) is 72.1 Å². The van der Waals surface area contributed by atoms with Gasteiger partial charge in [0.05, 0.1) is 29.9 Å². The van der Waals surface area contributed by atoms with Crippen molar-refractivity contribution < 1.29 is 0 Å². The number of nitrogens with zero attached hydrogens (tertiary/aromatic N) is 5. The van der Waals surface area contributed by atoms with Crippen LogP contribution in [-0.2, 0) is 6.54 Å². The van der Waals surface area contributed by atoms with Crippen LogP contribution in [-0.4, -0.2) is 20.0 Å². The zero-order valence-electron chi connectivity index (χ0n) is 13.3. The van der Waals surface area contributed by atoms with Crippen molar-refractivity contribution in [2.45, 2.75) is 6.54 Å². The van der Waals surface area contributed by atoms with Gasteiger partial charge in [0.15, 0.2) is 0 Å². The lowest BCUT2D eigenvalue weighted by molar-refractivity contribution is 0.650. The molecule has 0 fully saturated rings. The number of rotatable bonds is 3. The van der Waals surface area contributed by atoms with Gasteiger partial charge >= 0.3 is 0 Å². The molecular formula is C19H14N6. The Bertz CT molecular complexity index is 1090. The summed E-state index contributed by atoms with van der Waals surface area (Å²) in [7, 11) is 0. The molecule has 4 rings (SSSR count). The SMILES string of the molecule is N#Cc1ccc(Cn2cc(-c3c(N)ncc4ccccc34)nn2)cc1. The zero-order valence-corrected chi connectivity index (χ0v) is 13.3. The molecule has 2 aromatic heterocycles. The van der Waals surface area contributed by atoms with Crippen molar-refractivity contribution in [3.8, 4) is 17.3 Å². The van der Waals surface area contributed by atoms with Crippen LogP contribution >= 0.6 is 0 Å². The van der Waals surface area contributed by atoms with Crippen LogP contribution in [0.25, 0.3) is 22.0 Å². The quantitative estimate of drug-likeness (QED) is 0.624. The summed E-state index contributed by atoms with van der Waals surface area (Å²) < 4.78 is 1.75. The number of nitrogen functional groups attached to an aromatic ring is 1. The highest BCUT2D eigenvalue weighted by molar-refractivity contribution is 5.99. The second-order valence-corrected chi connectivity index (χ2v) is 5.72. The summed E-state index contributed by atoms with van der Waals surface area (Å²) in [5.74, 6) is 0.434. The zero-order chi connectivity index (χ0) is 17.2. The summed E-state index contributed by atoms with van der Waals surface area (Å²) in [4.78, 5) is 4.27. The van der Waals surface area contributed by atoms with E-state index in [1.807, 2.05) is 42.6 Å². The van der Waals surface area contributed by atoms with Gasteiger partial charge in [-0.25, -0.2) is 9.67 Å². The maximum atomic E-state index is 8.86. The highest BCUT2D eigenvalue weighted by Crippen LogP contribution is 2.30. The van der Waals surface area contributed by atoms with Crippen LogP contribution in [0.1, 0.15) is 11.1 Å². The van der Waals surface area contributed by atoms with Gasteiger partial charge in [-0.3, -0.25) is 0 Å². The van der Waals surface area contributed by atoms with Gasteiger partial charge in [-0.05, 0) is 23.1 Å². The Morgan fingerprint density at radius 1 is 1.08 bits per heavy atom. The molecule has 0 atom stereocenters. The molecule has 0 aliphatic heterocycles. The Morgan fingerprint density at radius 2 is 1.88 bits per heavy atom. The molecule has 6 heteroatoms. The number of fused-ring (bicyclic) bond motifs is 1. The van der Waals surface area contributed by atoms with Gasteiger partial charge in [-0.2, -0.15) is 5.26 Å². The van der Waals surface area contributed by atoms with Crippen molar-refractivity contribution in [1.29, 1.82) is 5.26 Å². The first-order valence-electron chi connectivity index (χ1n) is 7.77. The lowest BCUT2D eigenvalue weighted by Gasteiger charge is -2.06. The molecule has 120 valence electrons. The first-order chi connectivity index (χ1) is 12.2. The van der Waals surface area contributed by atoms with Gasteiger partial charge < -0.3 is 5.73 Å². The molecule has 0 bridgehead atoms. The highest BCUT2D eigenvalue weighted by Gasteiger charge is 2.13. The van der Waals surface area contributed by atoms with Crippen molar-refractivity contribution in [2.24, 2.45) is 0 Å². The van der Waals surface area contributed by atoms with Gasteiger partial charge in [0.25, 0.3) is 0 Å². The molecule has 0 amide bonds. The molecule has 4 aromatic rings. The van der Waals surface area contributed by atoms with E-state index >= 15 is 0 Å². The number of pyridine rings is 1. The Hall–Kier alpha value is -3.72. The Balaban J connectivity index is 1.70. The number of hydrogen-bond donors (Lipinski definition) is 1. The van der Waals surface area contributed by atoms with Crippen LogP contribution in [0.15, 0.2) is 60.9 Å². The topological polar surface area (TPSA) is 93.4 Å². The van der Waals surface area contributed by atoms with E-state index in [-0.39, 0.29) is 0 Å². The summed E-state index contributed by atoms with van der Waals surface area (Å²) in [6, 6.07) is 17.4. The molecule has 0 unspecified atom stereocenters. The van der Waals surface area contributed by atoms with E-state index in [1.54, 1.807) is 23.0 Å². The predicted molar refractivity (Wildman–Crippen MR) is 95.4 cm³/mol. The van der Waals surface area contributed by atoms with Gasteiger partial charge in [0.1, 0.15) is 11.5 Å². The average Bonchev–Trinajstić information content (AvgIpc) is 3.10. The number of aromatic nitrogens is 4. The predicted octanol–water partition coefficient (Wildman–Crippen LogP) is 3.00. The summed E-state index contributed by atoms with van der Waals surface area (Å²) in [5.41, 5.74) is 9.26. The molecule has 25 heavy (non-hydrogen) atoms. The Morgan fingerprint density at radius 3 is 2.68 bits per heavy atom. The lowest BCUT2D eigenvalue weighted by atomic mass is 10.0. The molecular weight excluding hydrogens is 312 g/mol. The normalized spacial score (nSPS) is 10.7. The Kier molecular flexibility index (Phi) is 3.60. The van der Waals surface area contributed by atoms with Crippen molar-refractivity contribution >= 4 is 16.6 Å². The first-order valence-corrected chi connectivity index (χ1v) is 7.77. The average molecular weight is 326 g/mol. The van der Waals surface area contributed by atoms with Crippen LogP contribution in [0.4, 0.5) is 5.82 Å². The highest BCUT2D eigenvalue weighted by atomic mass is 15.4. The lowest BCUT2D eigenvalue weighted by Crippen LogP contribution is -2.00. The minimum absolute atomic E-state index is 0.434. The molecule has 0 saturated heterocycles. The molecule has 2 heterocycles. The number of nitriles is 1. The molecule has 2 N–H and O–H groups in total. The monoisotopic (exact) mass is 326 g/mol. The van der Waals surface area contributed by atoms with Gasteiger partial charge in [-0.15, -0.1) is 5.10 Å². The Labute approximate surface area is 144 Å². The maximum absolute atomic E-state index is 8.86. The number of nitrogens with two attached hydrogens (primary N) is 1. The van der Waals surface area contributed by atoms with E-state index in [2.05, 4.69) is 21.4 Å². The third-order valence-electron chi connectivity index (χ3n) is 4.05. The van der Waals surface area contributed by atoms with Gasteiger partial charge in [0, 0.05) is 11.6 Å². The van der Waals surface area contributed by atoms with Crippen LogP contribution < -0.4 is 5.73 Å². The third kappa shape index (κ3) is 2.79.